The van der Waals surface area contributed by atoms with E-state index in [9.17, 15) is 9.59 Å². The summed E-state index contributed by atoms with van der Waals surface area (Å²) in [6.45, 7) is 6.71. The fourth-order valence-electron chi connectivity index (χ4n) is 2.68. The van der Waals surface area contributed by atoms with Gasteiger partial charge in [-0.15, -0.1) is 11.3 Å². The summed E-state index contributed by atoms with van der Waals surface area (Å²) < 4.78 is 0. The van der Waals surface area contributed by atoms with Gasteiger partial charge in [0.15, 0.2) is 5.82 Å². The maximum absolute atomic E-state index is 11.6. The number of rotatable bonds is 6. The lowest BCUT2D eigenvalue weighted by molar-refractivity contribution is -0.119. The molecular formula is C20H22N6O2S. The number of nitrogens with zero attached hydrogens (tertiary/aromatic N) is 3. The molecule has 150 valence electrons. The number of hydrogen-bond acceptors (Lipinski definition) is 7. The van der Waals surface area contributed by atoms with Crippen molar-refractivity contribution in [3.05, 3.63) is 47.1 Å². The minimum atomic E-state index is -0.281. The van der Waals surface area contributed by atoms with Crippen molar-refractivity contribution in [1.29, 1.82) is 0 Å². The summed E-state index contributed by atoms with van der Waals surface area (Å²) >= 11 is 1.38. The molecule has 1 atom stereocenters. The van der Waals surface area contributed by atoms with Gasteiger partial charge in [0, 0.05) is 20.0 Å². The fraction of sp³-hybridized carbons (Fsp3) is 0.250. The molecule has 0 aromatic carbocycles. The van der Waals surface area contributed by atoms with Gasteiger partial charge >= 0.3 is 0 Å². The molecule has 0 saturated heterocycles. The second-order valence-corrected chi connectivity index (χ2v) is 7.62. The average molecular weight is 411 g/mol. The van der Waals surface area contributed by atoms with Gasteiger partial charge in [0.25, 0.3) is 0 Å². The van der Waals surface area contributed by atoms with Crippen molar-refractivity contribution in [2.45, 2.75) is 33.7 Å². The van der Waals surface area contributed by atoms with Crippen molar-refractivity contribution in [3.63, 3.8) is 0 Å². The minimum Gasteiger partial charge on any atom is -0.347 e. The van der Waals surface area contributed by atoms with Gasteiger partial charge in [-0.2, -0.15) is 0 Å². The number of nitrogens with one attached hydrogen (secondary N) is 3. The highest BCUT2D eigenvalue weighted by Gasteiger charge is 2.19. The van der Waals surface area contributed by atoms with Crippen LogP contribution < -0.4 is 16.0 Å². The predicted octanol–water partition coefficient (Wildman–Crippen LogP) is 3.81. The lowest BCUT2D eigenvalue weighted by Gasteiger charge is -2.08. The molecule has 1 unspecified atom stereocenters. The van der Waals surface area contributed by atoms with Crippen LogP contribution in [0.25, 0.3) is 10.6 Å². The molecule has 3 rings (SSSR count). The van der Waals surface area contributed by atoms with E-state index in [4.69, 9.17) is 0 Å². The van der Waals surface area contributed by atoms with E-state index in [2.05, 4.69) is 30.9 Å². The number of aromatic nitrogens is 3. The zero-order chi connectivity index (χ0) is 21.0. The quantitative estimate of drug-likeness (QED) is 0.570. The van der Waals surface area contributed by atoms with Crippen molar-refractivity contribution in [2.24, 2.45) is 0 Å². The number of thiazole rings is 1. The Hall–Kier alpha value is -3.33. The Morgan fingerprint density at radius 3 is 2.55 bits per heavy atom. The number of anilines is 3. The zero-order valence-corrected chi connectivity index (χ0v) is 17.4. The first-order chi connectivity index (χ1) is 13.8. The molecule has 9 heteroatoms. The normalized spacial score (nSPS) is 11.6. The van der Waals surface area contributed by atoms with Gasteiger partial charge in [-0.1, -0.05) is 6.07 Å². The topological polar surface area (TPSA) is 109 Å². The van der Waals surface area contributed by atoms with Crippen LogP contribution in [0, 0.1) is 6.92 Å². The van der Waals surface area contributed by atoms with Crippen LogP contribution in [0.15, 0.2) is 36.5 Å². The van der Waals surface area contributed by atoms with Crippen molar-refractivity contribution >= 4 is 40.6 Å². The van der Waals surface area contributed by atoms with Gasteiger partial charge in [-0.25, -0.2) is 15.0 Å². The van der Waals surface area contributed by atoms with Crippen molar-refractivity contribution in [2.75, 3.05) is 10.6 Å². The van der Waals surface area contributed by atoms with E-state index in [0.29, 0.717) is 33.0 Å². The van der Waals surface area contributed by atoms with Gasteiger partial charge in [-0.05, 0) is 43.7 Å². The Kier molecular flexibility index (Phi) is 6.18. The lowest BCUT2D eigenvalue weighted by atomic mass is 10.3. The van der Waals surface area contributed by atoms with E-state index in [1.54, 1.807) is 6.20 Å². The summed E-state index contributed by atoms with van der Waals surface area (Å²) in [5.74, 6) is 1.37. The van der Waals surface area contributed by atoms with E-state index < -0.39 is 0 Å². The van der Waals surface area contributed by atoms with Crippen LogP contribution in [0.3, 0.4) is 0 Å². The first-order valence-corrected chi connectivity index (χ1v) is 9.86. The molecule has 2 amide bonds. The maximum atomic E-state index is 11.6. The standard InChI is InChI=1S/C20H22N6O2S/c1-11-8-9-21-17(10-11)25-16-7-5-6-15(24-16)18-19(23-14(4)28)26-20(29-18)12(2)22-13(3)27/h5-10,12H,1-4H3,(H,22,27)(H,23,28)(H,21,24,25). The molecule has 3 aromatic rings. The third-order valence-electron chi connectivity index (χ3n) is 3.88. The van der Waals surface area contributed by atoms with Gasteiger partial charge in [-0.3, -0.25) is 9.59 Å². The summed E-state index contributed by atoms with van der Waals surface area (Å²) in [6.07, 6.45) is 1.73. The van der Waals surface area contributed by atoms with E-state index in [1.165, 1.54) is 25.2 Å². The number of amides is 2. The summed E-state index contributed by atoms with van der Waals surface area (Å²) in [6, 6.07) is 9.13. The summed E-state index contributed by atoms with van der Waals surface area (Å²) in [4.78, 5) is 37.2. The van der Waals surface area contributed by atoms with Crippen molar-refractivity contribution < 1.29 is 9.59 Å². The second kappa shape index (κ2) is 8.78. The van der Waals surface area contributed by atoms with Crippen molar-refractivity contribution in [1.82, 2.24) is 20.3 Å². The smallest absolute Gasteiger partial charge is 0.222 e. The summed E-state index contributed by atoms with van der Waals surface area (Å²) in [7, 11) is 0. The minimum absolute atomic E-state index is 0.148. The van der Waals surface area contributed by atoms with Gasteiger partial charge in [0.1, 0.15) is 16.6 Å². The predicted molar refractivity (Wildman–Crippen MR) is 114 cm³/mol. The van der Waals surface area contributed by atoms with Crippen LogP contribution in [0.2, 0.25) is 0 Å². The van der Waals surface area contributed by atoms with E-state index in [1.807, 2.05) is 44.2 Å². The molecule has 0 aliphatic heterocycles. The van der Waals surface area contributed by atoms with Crippen LogP contribution in [0.5, 0.6) is 0 Å². The number of hydrogen-bond donors (Lipinski definition) is 3. The molecule has 0 bridgehead atoms. The monoisotopic (exact) mass is 410 g/mol. The molecule has 3 heterocycles. The van der Waals surface area contributed by atoms with Crippen LogP contribution in [-0.2, 0) is 9.59 Å². The van der Waals surface area contributed by atoms with Gasteiger partial charge in [0.05, 0.1) is 16.6 Å². The number of carbonyl (C=O) groups excluding carboxylic acids is 2. The molecule has 0 fully saturated rings. The number of pyridine rings is 2. The first-order valence-electron chi connectivity index (χ1n) is 9.04. The highest BCUT2D eigenvalue weighted by molar-refractivity contribution is 7.15. The van der Waals surface area contributed by atoms with Crippen LogP contribution in [0.1, 0.15) is 37.4 Å². The molecule has 29 heavy (non-hydrogen) atoms. The average Bonchev–Trinajstić information content (AvgIpc) is 3.05. The fourth-order valence-corrected chi connectivity index (χ4v) is 3.67. The second-order valence-electron chi connectivity index (χ2n) is 6.58. The van der Waals surface area contributed by atoms with Crippen LogP contribution in [-0.4, -0.2) is 26.8 Å². The first kappa shape index (κ1) is 20.4. The Balaban J connectivity index is 1.95. The van der Waals surface area contributed by atoms with Gasteiger partial charge < -0.3 is 16.0 Å². The molecule has 3 aromatic heterocycles. The van der Waals surface area contributed by atoms with Crippen LogP contribution >= 0.6 is 11.3 Å². The molecule has 0 saturated carbocycles. The third kappa shape index (κ3) is 5.35. The largest absolute Gasteiger partial charge is 0.347 e. The highest BCUT2D eigenvalue weighted by Crippen LogP contribution is 2.36. The third-order valence-corrected chi connectivity index (χ3v) is 5.14. The molecular weight excluding hydrogens is 388 g/mol. The number of aryl methyl sites for hydroxylation is 1. The maximum Gasteiger partial charge on any atom is 0.222 e. The summed E-state index contributed by atoms with van der Waals surface area (Å²) in [5.41, 5.74) is 1.75. The summed E-state index contributed by atoms with van der Waals surface area (Å²) in [5, 5.41) is 9.43. The Bertz CT molecular complexity index is 1050. The molecule has 3 N–H and O–H groups in total. The molecule has 0 aliphatic carbocycles. The van der Waals surface area contributed by atoms with Gasteiger partial charge in [0.2, 0.25) is 11.8 Å². The van der Waals surface area contributed by atoms with E-state index >= 15 is 0 Å². The Morgan fingerprint density at radius 1 is 1.07 bits per heavy atom. The SMILES string of the molecule is CC(=O)Nc1nc(C(C)NC(C)=O)sc1-c1cccc(Nc2cc(C)ccn2)n1. The lowest BCUT2D eigenvalue weighted by Crippen LogP contribution is -2.23. The Labute approximate surface area is 172 Å². The Morgan fingerprint density at radius 2 is 1.86 bits per heavy atom. The van der Waals surface area contributed by atoms with Crippen molar-refractivity contribution in [3.8, 4) is 10.6 Å². The molecule has 0 spiro atoms. The van der Waals surface area contributed by atoms with E-state index in [-0.39, 0.29) is 17.9 Å². The van der Waals surface area contributed by atoms with E-state index in [0.717, 1.165) is 5.56 Å². The molecule has 0 radical (unpaired) electrons. The molecule has 8 nitrogen and oxygen atoms in total. The molecule has 0 aliphatic rings. The number of carbonyl (C=O) groups is 2. The van der Waals surface area contributed by atoms with Crippen LogP contribution in [0.4, 0.5) is 17.5 Å². The zero-order valence-electron chi connectivity index (χ0n) is 16.6. The highest BCUT2D eigenvalue weighted by atomic mass is 32.1.